The highest BCUT2D eigenvalue weighted by atomic mass is 32.2. The third-order valence-corrected chi connectivity index (χ3v) is 4.83. The number of rotatable bonds is 3. The van der Waals surface area contributed by atoms with Gasteiger partial charge < -0.3 is 5.73 Å². The molecule has 0 aliphatic heterocycles. The molecule has 0 radical (unpaired) electrons. The van der Waals surface area contributed by atoms with E-state index >= 15 is 0 Å². The quantitative estimate of drug-likeness (QED) is 0.943. The number of anilines is 1. The Balaban J connectivity index is 2.45. The number of hydrogen-bond donors (Lipinski definition) is 1. The molecule has 0 amide bonds. The van der Waals surface area contributed by atoms with E-state index in [-0.39, 0.29) is 10.6 Å². The molecule has 20 heavy (non-hydrogen) atoms. The van der Waals surface area contributed by atoms with Crippen molar-refractivity contribution in [3.05, 3.63) is 53.1 Å². The smallest absolute Gasteiger partial charge is 0.186 e. The summed E-state index contributed by atoms with van der Waals surface area (Å²) in [6.07, 6.45) is 1.52. The summed E-state index contributed by atoms with van der Waals surface area (Å²) >= 11 is 0. The average Bonchev–Trinajstić information content (AvgIpc) is 2.40. The second-order valence-corrected chi connectivity index (χ2v) is 6.57. The zero-order valence-electron chi connectivity index (χ0n) is 11.2. The maximum absolute atomic E-state index is 13.6. The van der Waals surface area contributed by atoms with Crippen LogP contribution in [0.2, 0.25) is 0 Å². The molecular formula is C14H15FN2O2S. The van der Waals surface area contributed by atoms with Crippen LogP contribution in [0.5, 0.6) is 0 Å². The van der Waals surface area contributed by atoms with Crippen molar-refractivity contribution < 1.29 is 12.8 Å². The van der Waals surface area contributed by atoms with E-state index in [1.165, 1.54) is 24.4 Å². The fourth-order valence-electron chi connectivity index (χ4n) is 1.89. The molecule has 0 unspecified atom stereocenters. The number of benzene rings is 1. The van der Waals surface area contributed by atoms with Gasteiger partial charge in [0.15, 0.2) is 9.84 Å². The Kier molecular flexibility index (Phi) is 3.76. The van der Waals surface area contributed by atoms with Crippen molar-refractivity contribution in [2.45, 2.75) is 24.5 Å². The molecule has 0 atom stereocenters. The van der Waals surface area contributed by atoms with Gasteiger partial charge in [-0.1, -0.05) is 12.1 Å². The van der Waals surface area contributed by atoms with Crippen molar-refractivity contribution in [2.75, 3.05) is 5.73 Å². The maximum Gasteiger partial charge on any atom is 0.186 e. The van der Waals surface area contributed by atoms with Crippen LogP contribution in [0, 0.1) is 19.7 Å². The van der Waals surface area contributed by atoms with Crippen LogP contribution in [0.3, 0.4) is 0 Å². The number of nitrogens with two attached hydrogens (primary N) is 1. The number of nitrogen functional groups attached to an aromatic ring is 1. The monoisotopic (exact) mass is 294 g/mol. The first-order valence-electron chi connectivity index (χ1n) is 6.01. The van der Waals surface area contributed by atoms with Crippen LogP contribution in [0.25, 0.3) is 0 Å². The van der Waals surface area contributed by atoms with Crippen molar-refractivity contribution in [1.29, 1.82) is 0 Å². The molecule has 106 valence electrons. The summed E-state index contributed by atoms with van der Waals surface area (Å²) in [6, 6.07) is 5.30. The number of aryl methyl sites for hydroxylation is 1. The summed E-state index contributed by atoms with van der Waals surface area (Å²) < 4.78 is 38.1. The Morgan fingerprint density at radius 1 is 1.25 bits per heavy atom. The highest BCUT2D eigenvalue weighted by Gasteiger charge is 2.21. The lowest BCUT2D eigenvalue weighted by molar-refractivity contribution is 0.566. The molecule has 0 fully saturated rings. The van der Waals surface area contributed by atoms with Crippen LogP contribution in [-0.4, -0.2) is 13.4 Å². The molecule has 0 aliphatic rings. The number of nitrogens with zero attached hydrogens (tertiary/aromatic N) is 1. The third-order valence-electron chi connectivity index (χ3n) is 3.17. The Morgan fingerprint density at radius 3 is 2.55 bits per heavy atom. The number of halogens is 1. The van der Waals surface area contributed by atoms with Gasteiger partial charge in [-0.05, 0) is 37.1 Å². The van der Waals surface area contributed by atoms with Crippen LogP contribution < -0.4 is 5.73 Å². The van der Waals surface area contributed by atoms with Gasteiger partial charge in [-0.15, -0.1) is 0 Å². The molecule has 1 aromatic heterocycles. The van der Waals surface area contributed by atoms with E-state index < -0.39 is 15.7 Å². The van der Waals surface area contributed by atoms with E-state index in [0.717, 1.165) is 11.6 Å². The van der Waals surface area contributed by atoms with E-state index in [2.05, 4.69) is 4.98 Å². The Bertz CT molecular complexity index is 758. The molecule has 0 bridgehead atoms. The summed E-state index contributed by atoms with van der Waals surface area (Å²) in [4.78, 5) is 3.78. The van der Waals surface area contributed by atoms with Crippen LogP contribution in [0.1, 0.15) is 16.8 Å². The topological polar surface area (TPSA) is 73.0 Å². The van der Waals surface area contributed by atoms with Crippen molar-refractivity contribution >= 4 is 15.5 Å². The number of pyridine rings is 1. The first-order chi connectivity index (χ1) is 9.33. The molecule has 2 N–H and O–H groups in total. The van der Waals surface area contributed by atoms with Crippen molar-refractivity contribution in [3.63, 3.8) is 0 Å². The van der Waals surface area contributed by atoms with Gasteiger partial charge in [0.2, 0.25) is 0 Å². The normalized spacial score (nSPS) is 11.6. The SMILES string of the molecule is Cc1cnc(CS(=O)(=O)c2ccccc2F)c(C)c1N. The van der Waals surface area contributed by atoms with E-state index in [4.69, 9.17) is 5.73 Å². The first kappa shape index (κ1) is 14.5. The predicted octanol–water partition coefficient (Wildman–Crippen LogP) is 2.39. The summed E-state index contributed by atoms with van der Waals surface area (Å²) in [5.74, 6) is -1.13. The average molecular weight is 294 g/mol. The lowest BCUT2D eigenvalue weighted by atomic mass is 10.1. The van der Waals surface area contributed by atoms with Crippen molar-refractivity contribution in [3.8, 4) is 0 Å². The number of sulfone groups is 1. The molecule has 1 aromatic carbocycles. The van der Waals surface area contributed by atoms with Crippen LogP contribution in [0.15, 0.2) is 35.4 Å². The van der Waals surface area contributed by atoms with Gasteiger partial charge in [0.1, 0.15) is 10.7 Å². The van der Waals surface area contributed by atoms with Gasteiger partial charge >= 0.3 is 0 Å². The number of aromatic nitrogens is 1. The van der Waals surface area contributed by atoms with Gasteiger partial charge in [0, 0.05) is 11.9 Å². The Hall–Kier alpha value is -1.95. The van der Waals surface area contributed by atoms with Gasteiger partial charge in [-0.3, -0.25) is 4.98 Å². The van der Waals surface area contributed by atoms with Gasteiger partial charge in [0.25, 0.3) is 0 Å². The van der Waals surface area contributed by atoms with E-state index in [0.29, 0.717) is 16.9 Å². The minimum atomic E-state index is -3.79. The summed E-state index contributed by atoms with van der Waals surface area (Å²) in [7, 11) is -3.79. The van der Waals surface area contributed by atoms with Gasteiger partial charge in [0.05, 0.1) is 11.4 Å². The van der Waals surface area contributed by atoms with Crippen molar-refractivity contribution in [2.24, 2.45) is 0 Å². The zero-order valence-corrected chi connectivity index (χ0v) is 12.0. The lowest BCUT2D eigenvalue weighted by Crippen LogP contribution is -2.11. The molecule has 6 heteroatoms. The minimum absolute atomic E-state index is 0.319. The summed E-state index contributed by atoms with van der Waals surface area (Å²) in [6.45, 7) is 3.51. The standard InChI is InChI=1S/C14H15FN2O2S/c1-9-7-17-12(10(2)14(9)16)8-20(18,19)13-6-4-3-5-11(13)15/h3-7H,8H2,1-2H3,(H2,16,17). The van der Waals surface area contributed by atoms with Crippen LogP contribution in [0.4, 0.5) is 10.1 Å². The molecule has 2 aromatic rings. The fraction of sp³-hybridized carbons (Fsp3) is 0.214. The van der Waals surface area contributed by atoms with Crippen molar-refractivity contribution in [1.82, 2.24) is 4.98 Å². The molecule has 2 rings (SSSR count). The second kappa shape index (κ2) is 5.20. The van der Waals surface area contributed by atoms with Gasteiger partial charge in [-0.2, -0.15) is 0 Å². The highest BCUT2D eigenvalue weighted by molar-refractivity contribution is 7.90. The summed E-state index contributed by atoms with van der Waals surface area (Å²) in [5, 5.41) is 0. The summed E-state index contributed by atoms with van der Waals surface area (Å²) in [5.41, 5.74) is 8.12. The number of hydrogen-bond acceptors (Lipinski definition) is 4. The van der Waals surface area contributed by atoms with E-state index in [1.807, 2.05) is 0 Å². The van der Waals surface area contributed by atoms with Crippen LogP contribution >= 0.6 is 0 Å². The maximum atomic E-state index is 13.6. The first-order valence-corrected chi connectivity index (χ1v) is 7.66. The Morgan fingerprint density at radius 2 is 1.90 bits per heavy atom. The second-order valence-electron chi connectivity index (χ2n) is 4.62. The molecule has 0 aliphatic carbocycles. The lowest BCUT2D eigenvalue weighted by Gasteiger charge is -2.10. The van der Waals surface area contributed by atoms with Crippen LogP contribution in [-0.2, 0) is 15.6 Å². The van der Waals surface area contributed by atoms with Gasteiger partial charge in [-0.25, -0.2) is 12.8 Å². The molecule has 0 saturated heterocycles. The molecule has 4 nitrogen and oxygen atoms in total. The Labute approximate surface area is 117 Å². The zero-order chi connectivity index (χ0) is 14.9. The van der Waals surface area contributed by atoms with E-state index in [9.17, 15) is 12.8 Å². The molecule has 0 spiro atoms. The minimum Gasteiger partial charge on any atom is -0.398 e. The predicted molar refractivity (Wildman–Crippen MR) is 75.4 cm³/mol. The largest absolute Gasteiger partial charge is 0.398 e. The third kappa shape index (κ3) is 2.65. The molecule has 0 saturated carbocycles. The molecular weight excluding hydrogens is 279 g/mol. The molecule has 1 heterocycles. The van der Waals surface area contributed by atoms with E-state index in [1.54, 1.807) is 13.8 Å². The fourth-order valence-corrected chi connectivity index (χ4v) is 3.35. The highest BCUT2D eigenvalue weighted by Crippen LogP contribution is 2.23.